The van der Waals surface area contributed by atoms with Crippen LogP contribution in [-0.4, -0.2) is 19.1 Å². The van der Waals surface area contributed by atoms with E-state index in [2.05, 4.69) is 39.1 Å². The fraction of sp³-hybridized carbons (Fsp3) is 0.714. The molecule has 0 saturated carbocycles. The smallest absolute Gasteiger partial charge is 0.327 e. The van der Waals surface area contributed by atoms with E-state index in [0.717, 1.165) is 30.7 Å². The van der Waals surface area contributed by atoms with Crippen molar-refractivity contribution in [2.75, 3.05) is 13.2 Å². The molecule has 1 aliphatic rings. The summed E-state index contributed by atoms with van der Waals surface area (Å²) >= 11 is 0. The van der Waals surface area contributed by atoms with Gasteiger partial charge in [0.05, 0.1) is 12.7 Å². The molecule has 0 heterocycles. The number of nitrogens with one attached hydrogen (secondary N) is 1. The van der Waals surface area contributed by atoms with Crippen LogP contribution in [0.15, 0.2) is 23.4 Å². The Kier molecular flexibility index (Phi) is 8.75. The second-order valence-corrected chi connectivity index (χ2v) is 7.59. The molecule has 4 nitrogen and oxygen atoms in total. The van der Waals surface area contributed by atoms with E-state index in [1.165, 1.54) is 19.3 Å². The number of esters is 1. The van der Waals surface area contributed by atoms with Crippen LogP contribution in [0.2, 0.25) is 0 Å². The number of hydrogen-bond donors (Lipinski definition) is 1. The van der Waals surface area contributed by atoms with Crippen LogP contribution < -0.4 is 5.32 Å². The molecule has 0 amide bonds. The second-order valence-electron chi connectivity index (χ2n) is 7.59. The van der Waals surface area contributed by atoms with Crippen molar-refractivity contribution in [1.82, 2.24) is 5.32 Å². The molecule has 1 aliphatic carbocycles. The highest BCUT2D eigenvalue weighted by Gasteiger charge is 2.30. The van der Waals surface area contributed by atoms with Gasteiger partial charge in [-0.15, -0.1) is 0 Å². The molecule has 1 rings (SSSR count). The lowest BCUT2D eigenvalue weighted by molar-refractivity contribution is -0.144. The Labute approximate surface area is 153 Å². The van der Waals surface area contributed by atoms with Crippen molar-refractivity contribution in [3.05, 3.63) is 23.4 Å². The first kappa shape index (κ1) is 21.3. The third-order valence-electron chi connectivity index (χ3n) is 4.69. The molecule has 0 fully saturated rings. The van der Waals surface area contributed by atoms with Gasteiger partial charge in [0.2, 0.25) is 0 Å². The summed E-state index contributed by atoms with van der Waals surface area (Å²) in [6.07, 6.45) is 9.79. The molecule has 0 aliphatic heterocycles. The normalized spacial score (nSPS) is 18.4. The van der Waals surface area contributed by atoms with E-state index in [1.807, 2.05) is 12.2 Å². The first-order valence-corrected chi connectivity index (χ1v) is 9.60. The highest BCUT2D eigenvalue weighted by molar-refractivity contribution is 5.80. The van der Waals surface area contributed by atoms with E-state index in [9.17, 15) is 10.1 Å². The summed E-state index contributed by atoms with van der Waals surface area (Å²) in [4.78, 5) is 12.1. The molecule has 0 bridgehead atoms. The van der Waals surface area contributed by atoms with Gasteiger partial charge in [0.15, 0.2) is 5.92 Å². The van der Waals surface area contributed by atoms with Crippen molar-refractivity contribution < 1.29 is 9.53 Å². The standard InChI is InChI=1S/C21H34N2O2/c1-6-9-10-16(7-2)15-23-18-11-17(12-21(4,5)13-18)19(14-22)20(24)25-8-3/h11-12,16,19,23H,6-10,13,15H2,1-5H3. The number of unbranched alkanes of at least 4 members (excludes halogenated alkanes) is 1. The fourth-order valence-electron chi connectivity index (χ4n) is 3.27. The number of rotatable bonds is 10. The molecule has 25 heavy (non-hydrogen) atoms. The predicted octanol–water partition coefficient (Wildman–Crippen LogP) is 4.74. The molecule has 2 atom stereocenters. The van der Waals surface area contributed by atoms with Crippen molar-refractivity contribution in [2.24, 2.45) is 17.3 Å². The molecular formula is C21H34N2O2. The van der Waals surface area contributed by atoms with Crippen molar-refractivity contribution >= 4 is 5.97 Å². The third-order valence-corrected chi connectivity index (χ3v) is 4.69. The number of hydrogen-bond acceptors (Lipinski definition) is 4. The maximum absolute atomic E-state index is 12.1. The molecule has 1 N–H and O–H groups in total. The quantitative estimate of drug-likeness (QED) is 0.581. The highest BCUT2D eigenvalue weighted by atomic mass is 16.5. The van der Waals surface area contributed by atoms with E-state index >= 15 is 0 Å². The monoisotopic (exact) mass is 346 g/mol. The molecule has 0 aromatic carbocycles. The van der Waals surface area contributed by atoms with E-state index in [4.69, 9.17) is 4.74 Å². The van der Waals surface area contributed by atoms with E-state index in [-0.39, 0.29) is 12.0 Å². The van der Waals surface area contributed by atoms with Crippen LogP contribution >= 0.6 is 0 Å². The second kappa shape index (κ2) is 10.3. The SMILES string of the molecule is CCCCC(CC)CNC1=CC(C(C#N)C(=O)OCC)=CC(C)(C)C1. The zero-order valence-corrected chi connectivity index (χ0v) is 16.5. The summed E-state index contributed by atoms with van der Waals surface area (Å²) in [5.41, 5.74) is 1.78. The van der Waals surface area contributed by atoms with Crippen molar-refractivity contribution in [3.8, 4) is 6.07 Å². The van der Waals surface area contributed by atoms with Crippen LogP contribution in [0.4, 0.5) is 0 Å². The minimum Gasteiger partial charge on any atom is -0.465 e. The number of carbonyl (C=O) groups excluding carboxylic acids is 1. The fourth-order valence-corrected chi connectivity index (χ4v) is 3.27. The van der Waals surface area contributed by atoms with Gasteiger partial charge in [-0.1, -0.05) is 53.0 Å². The van der Waals surface area contributed by atoms with E-state index in [1.54, 1.807) is 6.92 Å². The molecule has 140 valence electrons. The zero-order valence-electron chi connectivity index (χ0n) is 16.5. The zero-order chi connectivity index (χ0) is 18.9. The lowest BCUT2D eigenvalue weighted by Crippen LogP contribution is -2.29. The summed E-state index contributed by atoms with van der Waals surface area (Å²) < 4.78 is 5.06. The topological polar surface area (TPSA) is 62.1 Å². The summed E-state index contributed by atoms with van der Waals surface area (Å²) in [7, 11) is 0. The van der Waals surface area contributed by atoms with Crippen LogP contribution in [0.25, 0.3) is 0 Å². The number of allylic oxidation sites excluding steroid dienone is 3. The molecule has 0 aromatic heterocycles. The summed E-state index contributed by atoms with van der Waals surface area (Å²) in [6, 6.07) is 2.10. The molecule has 2 unspecified atom stereocenters. The molecule has 4 heteroatoms. The molecule has 0 aromatic rings. The Morgan fingerprint density at radius 3 is 2.68 bits per heavy atom. The highest BCUT2D eigenvalue weighted by Crippen LogP contribution is 2.35. The average Bonchev–Trinajstić information content (AvgIpc) is 2.54. The average molecular weight is 347 g/mol. The van der Waals surface area contributed by atoms with Gasteiger partial charge < -0.3 is 10.1 Å². The Bertz CT molecular complexity index is 541. The van der Waals surface area contributed by atoms with Crippen LogP contribution in [0.5, 0.6) is 0 Å². The van der Waals surface area contributed by atoms with Crippen LogP contribution in [0.3, 0.4) is 0 Å². The first-order valence-electron chi connectivity index (χ1n) is 9.60. The minimum absolute atomic E-state index is 0.0842. The van der Waals surface area contributed by atoms with E-state index < -0.39 is 11.9 Å². The predicted molar refractivity (Wildman–Crippen MR) is 102 cm³/mol. The molecule has 0 saturated heterocycles. The van der Waals surface area contributed by atoms with E-state index in [0.29, 0.717) is 5.92 Å². The molecule has 0 spiro atoms. The minimum atomic E-state index is -0.849. The summed E-state index contributed by atoms with van der Waals surface area (Å²) in [5, 5.41) is 13.0. The maximum atomic E-state index is 12.1. The van der Waals surface area contributed by atoms with Crippen molar-refractivity contribution in [2.45, 2.75) is 66.7 Å². The Hall–Kier alpha value is -1.76. The largest absolute Gasteiger partial charge is 0.465 e. The number of nitrogens with zero attached hydrogens (tertiary/aromatic N) is 1. The van der Waals surface area contributed by atoms with Gasteiger partial charge >= 0.3 is 5.97 Å². The van der Waals surface area contributed by atoms with Crippen molar-refractivity contribution in [1.29, 1.82) is 5.26 Å². The van der Waals surface area contributed by atoms with Gasteiger partial charge in [-0.2, -0.15) is 5.26 Å². The van der Waals surface area contributed by atoms with Gasteiger partial charge in [-0.05, 0) is 42.7 Å². The molecule has 0 radical (unpaired) electrons. The maximum Gasteiger partial charge on any atom is 0.327 e. The van der Waals surface area contributed by atoms with Crippen molar-refractivity contribution in [3.63, 3.8) is 0 Å². The van der Waals surface area contributed by atoms with Gasteiger partial charge in [-0.3, -0.25) is 4.79 Å². The summed E-state index contributed by atoms with van der Waals surface area (Å²) in [6.45, 7) is 11.7. The lowest BCUT2D eigenvalue weighted by Gasteiger charge is -2.30. The number of nitriles is 1. The van der Waals surface area contributed by atoms with Crippen LogP contribution in [0.1, 0.15) is 66.7 Å². The third kappa shape index (κ3) is 6.94. The number of carbonyl (C=O) groups is 1. The van der Waals surface area contributed by atoms with Gasteiger partial charge in [0, 0.05) is 12.2 Å². The Morgan fingerprint density at radius 2 is 2.12 bits per heavy atom. The van der Waals surface area contributed by atoms with Gasteiger partial charge in [-0.25, -0.2) is 0 Å². The van der Waals surface area contributed by atoms with Crippen LogP contribution in [-0.2, 0) is 9.53 Å². The first-order chi connectivity index (χ1) is 11.9. The lowest BCUT2D eigenvalue weighted by atomic mass is 9.78. The Balaban J connectivity index is 2.87. The number of ether oxygens (including phenoxy) is 1. The van der Waals surface area contributed by atoms with Gasteiger partial charge in [0.1, 0.15) is 0 Å². The van der Waals surface area contributed by atoms with Gasteiger partial charge in [0.25, 0.3) is 0 Å². The summed E-state index contributed by atoms with van der Waals surface area (Å²) in [5.74, 6) is -0.646. The van der Waals surface area contributed by atoms with Crippen LogP contribution in [0, 0.1) is 28.6 Å². The molecular weight excluding hydrogens is 312 g/mol. The Morgan fingerprint density at radius 1 is 1.40 bits per heavy atom.